The first-order chi connectivity index (χ1) is 12.2. The number of rotatable bonds is 9. The molecule has 1 aliphatic heterocycles. The van der Waals surface area contributed by atoms with Gasteiger partial charge in [0.05, 0.1) is 19.3 Å². The lowest BCUT2D eigenvalue weighted by atomic mass is 10.1. The number of nitrogens with zero attached hydrogens (tertiary/aromatic N) is 1. The molecule has 1 heterocycles. The van der Waals surface area contributed by atoms with E-state index in [0.717, 1.165) is 18.5 Å². The summed E-state index contributed by atoms with van der Waals surface area (Å²) in [4.78, 5) is 14.0. The summed E-state index contributed by atoms with van der Waals surface area (Å²) in [6, 6.07) is 10.3. The normalized spacial score (nSPS) is 18.8. The Bertz CT molecular complexity index is 495. The number of carbonyl (C=O) groups is 1. The second kappa shape index (κ2) is 11.1. The number of morpholine rings is 1. The summed E-state index contributed by atoms with van der Waals surface area (Å²) < 4.78 is 11.2. The zero-order valence-corrected chi connectivity index (χ0v) is 15.6. The van der Waals surface area contributed by atoms with Gasteiger partial charge in [-0.05, 0) is 18.4 Å². The predicted molar refractivity (Wildman–Crippen MR) is 99.5 cm³/mol. The van der Waals surface area contributed by atoms with E-state index >= 15 is 0 Å². The maximum atomic E-state index is 12.3. The van der Waals surface area contributed by atoms with Crippen LogP contribution >= 0.6 is 0 Å². The summed E-state index contributed by atoms with van der Waals surface area (Å²) >= 11 is 0. The molecule has 1 aliphatic rings. The molecule has 1 amide bonds. The highest BCUT2D eigenvalue weighted by Gasteiger charge is 2.25. The Morgan fingerprint density at radius 3 is 2.88 bits per heavy atom. The van der Waals surface area contributed by atoms with Gasteiger partial charge in [-0.15, -0.1) is 0 Å². The highest BCUT2D eigenvalue weighted by molar-refractivity contribution is 5.67. The van der Waals surface area contributed by atoms with Crippen molar-refractivity contribution in [3.63, 3.8) is 0 Å². The summed E-state index contributed by atoms with van der Waals surface area (Å²) in [5, 5.41) is 3.59. The summed E-state index contributed by atoms with van der Waals surface area (Å²) in [6.45, 7) is 7.28. The van der Waals surface area contributed by atoms with Gasteiger partial charge in [0.1, 0.15) is 6.61 Å². The molecule has 5 heteroatoms. The van der Waals surface area contributed by atoms with Crippen molar-refractivity contribution in [1.29, 1.82) is 0 Å². The third-order valence-corrected chi connectivity index (χ3v) is 4.64. The van der Waals surface area contributed by atoms with Crippen molar-refractivity contribution < 1.29 is 14.3 Å². The lowest BCUT2D eigenvalue weighted by molar-refractivity contribution is -0.0281. The molecule has 1 aromatic rings. The van der Waals surface area contributed by atoms with Crippen molar-refractivity contribution in [2.75, 3.05) is 26.2 Å². The summed E-state index contributed by atoms with van der Waals surface area (Å²) in [5.41, 5.74) is 1.00. The molecule has 2 unspecified atom stereocenters. The maximum Gasteiger partial charge on any atom is 0.410 e. The Morgan fingerprint density at radius 2 is 2.16 bits per heavy atom. The largest absolute Gasteiger partial charge is 0.445 e. The molecule has 0 aromatic heterocycles. The van der Waals surface area contributed by atoms with Crippen molar-refractivity contribution in [2.45, 2.75) is 58.3 Å². The molecule has 5 nitrogen and oxygen atoms in total. The number of unbranched alkanes of at least 4 members (excludes halogenated alkanes) is 1. The van der Waals surface area contributed by atoms with E-state index in [4.69, 9.17) is 9.47 Å². The highest BCUT2D eigenvalue weighted by atomic mass is 16.6. The van der Waals surface area contributed by atoms with Gasteiger partial charge < -0.3 is 19.7 Å². The van der Waals surface area contributed by atoms with Gasteiger partial charge in [0.15, 0.2) is 0 Å². The number of carbonyl (C=O) groups excluding carboxylic acids is 1. The van der Waals surface area contributed by atoms with E-state index < -0.39 is 0 Å². The van der Waals surface area contributed by atoms with Crippen molar-refractivity contribution >= 4 is 6.09 Å². The fourth-order valence-electron chi connectivity index (χ4n) is 3.02. The first-order valence-electron chi connectivity index (χ1n) is 9.53. The average Bonchev–Trinajstić information content (AvgIpc) is 2.67. The van der Waals surface area contributed by atoms with Crippen molar-refractivity contribution in [3.8, 4) is 0 Å². The van der Waals surface area contributed by atoms with Gasteiger partial charge in [-0.2, -0.15) is 0 Å². The number of amides is 1. The lowest BCUT2D eigenvalue weighted by Crippen LogP contribution is -2.50. The van der Waals surface area contributed by atoms with Crippen LogP contribution < -0.4 is 5.32 Å². The summed E-state index contributed by atoms with van der Waals surface area (Å²) in [7, 11) is 0. The van der Waals surface area contributed by atoms with Gasteiger partial charge >= 0.3 is 6.09 Å². The molecule has 25 heavy (non-hydrogen) atoms. The molecule has 1 fully saturated rings. The van der Waals surface area contributed by atoms with Gasteiger partial charge in [-0.1, -0.05) is 57.0 Å². The zero-order valence-electron chi connectivity index (χ0n) is 15.6. The minimum atomic E-state index is -0.254. The van der Waals surface area contributed by atoms with E-state index in [2.05, 4.69) is 19.2 Å². The van der Waals surface area contributed by atoms with Crippen LogP contribution in [0.4, 0.5) is 4.79 Å². The number of benzene rings is 1. The Hall–Kier alpha value is -1.59. The lowest BCUT2D eigenvalue weighted by Gasteiger charge is -2.33. The molecule has 0 saturated carbocycles. The Morgan fingerprint density at radius 1 is 1.36 bits per heavy atom. The van der Waals surface area contributed by atoms with E-state index in [1.807, 2.05) is 30.3 Å². The molecule has 0 radical (unpaired) electrons. The third-order valence-electron chi connectivity index (χ3n) is 4.64. The average molecular weight is 348 g/mol. The van der Waals surface area contributed by atoms with Gasteiger partial charge in [0.2, 0.25) is 0 Å². The van der Waals surface area contributed by atoms with Crippen LogP contribution in [0.1, 0.15) is 45.1 Å². The highest BCUT2D eigenvalue weighted by Crippen LogP contribution is 2.10. The summed E-state index contributed by atoms with van der Waals surface area (Å²) in [6.07, 6.45) is 4.57. The van der Waals surface area contributed by atoms with Crippen LogP contribution in [0.3, 0.4) is 0 Å². The molecule has 2 atom stereocenters. The van der Waals surface area contributed by atoms with Crippen LogP contribution in [0, 0.1) is 0 Å². The van der Waals surface area contributed by atoms with Crippen molar-refractivity contribution in [2.24, 2.45) is 0 Å². The van der Waals surface area contributed by atoms with E-state index in [-0.39, 0.29) is 12.2 Å². The van der Waals surface area contributed by atoms with Crippen molar-refractivity contribution in [3.05, 3.63) is 35.9 Å². The third kappa shape index (κ3) is 7.04. The van der Waals surface area contributed by atoms with Gasteiger partial charge in [0, 0.05) is 19.1 Å². The first kappa shape index (κ1) is 19.7. The number of hydrogen-bond acceptors (Lipinski definition) is 4. The molecule has 140 valence electrons. The number of nitrogens with one attached hydrogen (secondary N) is 1. The molecule has 2 rings (SSSR count). The number of ether oxygens (including phenoxy) is 2. The smallest absolute Gasteiger partial charge is 0.410 e. The van der Waals surface area contributed by atoms with Crippen LogP contribution in [0.15, 0.2) is 30.3 Å². The quantitative estimate of drug-likeness (QED) is 0.741. The molecule has 1 saturated heterocycles. The Kier molecular flexibility index (Phi) is 8.77. The van der Waals surface area contributed by atoms with E-state index in [0.29, 0.717) is 32.3 Å². The predicted octanol–water partition coefficient (Wildman–Crippen LogP) is 3.58. The maximum absolute atomic E-state index is 12.3. The molecule has 0 bridgehead atoms. The zero-order chi connectivity index (χ0) is 17.9. The second-order valence-electron chi connectivity index (χ2n) is 6.63. The standard InChI is InChI=1S/C20H32N2O3/c1-3-5-11-18(4-2)21-14-19-15-22(12-13-24-19)20(23)25-16-17-9-7-6-8-10-17/h6-10,18-19,21H,3-5,11-16H2,1-2H3. The van der Waals surface area contributed by atoms with Gasteiger partial charge in [-0.25, -0.2) is 4.79 Å². The monoisotopic (exact) mass is 348 g/mol. The molecule has 1 N–H and O–H groups in total. The molecule has 0 spiro atoms. The SMILES string of the molecule is CCCCC(CC)NCC1CN(C(=O)OCc2ccccc2)CCO1. The fraction of sp³-hybridized carbons (Fsp3) is 0.650. The van der Waals surface area contributed by atoms with Crippen LogP contribution in [0.2, 0.25) is 0 Å². The first-order valence-corrected chi connectivity index (χ1v) is 9.53. The minimum absolute atomic E-state index is 0.0358. The van der Waals surface area contributed by atoms with Crippen LogP contribution in [0.5, 0.6) is 0 Å². The van der Waals surface area contributed by atoms with E-state index in [9.17, 15) is 4.79 Å². The van der Waals surface area contributed by atoms with Gasteiger partial charge in [0.25, 0.3) is 0 Å². The number of hydrogen-bond donors (Lipinski definition) is 1. The molecule has 0 aliphatic carbocycles. The Labute approximate surface area is 151 Å². The van der Waals surface area contributed by atoms with Crippen LogP contribution in [0.25, 0.3) is 0 Å². The molecule has 1 aromatic carbocycles. The van der Waals surface area contributed by atoms with Crippen LogP contribution in [-0.4, -0.2) is 49.4 Å². The molecular weight excluding hydrogens is 316 g/mol. The topological polar surface area (TPSA) is 50.8 Å². The second-order valence-corrected chi connectivity index (χ2v) is 6.63. The summed E-state index contributed by atoms with van der Waals surface area (Å²) in [5.74, 6) is 0. The Balaban J connectivity index is 1.72. The van der Waals surface area contributed by atoms with Gasteiger partial charge in [-0.3, -0.25) is 0 Å². The van der Waals surface area contributed by atoms with Crippen molar-refractivity contribution in [1.82, 2.24) is 10.2 Å². The van der Waals surface area contributed by atoms with E-state index in [1.54, 1.807) is 4.90 Å². The minimum Gasteiger partial charge on any atom is -0.445 e. The van der Waals surface area contributed by atoms with E-state index in [1.165, 1.54) is 19.3 Å². The van der Waals surface area contributed by atoms with Crippen LogP contribution in [-0.2, 0) is 16.1 Å². The fourth-order valence-corrected chi connectivity index (χ4v) is 3.02. The molecular formula is C20H32N2O3.